The zero-order valence-electron chi connectivity index (χ0n) is 23.5. The van der Waals surface area contributed by atoms with Gasteiger partial charge in [-0.2, -0.15) is 0 Å². The number of hydrogen-bond donors (Lipinski definition) is 2. The molecule has 1 atom stereocenters. The van der Waals surface area contributed by atoms with Gasteiger partial charge in [0.2, 0.25) is 5.91 Å². The van der Waals surface area contributed by atoms with Gasteiger partial charge in [0.25, 0.3) is 5.91 Å². The predicted molar refractivity (Wildman–Crippen MR) is 159 cm³/mol. The summed E-state index contributed by atoms with van der Waals surface area (Å²) in [4.78, 5) is 39.6. The molecule has 2 amide bonds. The number of nitrogens with one attached hydrogen (secondary N) is 1. The van der Waals surface area contributed by atoms with Gasteiger partial charge in [-0.25, -0.2) is 4.98 Å². The molecule has 0 saturated carbocycles. The van der Waals surface area contributed by atoms with E-state index in [1.165, 1.54) is 11.1 Å². The Balaban J connectivity index is 1.14. The minimum Gasteiger partial charge on any atom is -0.455 e. The number of primary amides is 1. The van der Waals surface area contributed by atoms with Crippen molar-refractivity contribution in [3.63, 3.8) is 0 Å². The molecule has 0 spiro atoms. The summed E-state index contributed by atoms with van der Waals surface area (Å²) in [7, 11) is 0. The predicted octanol–water partition coefficient (Wildman–Crippen LogP) is 4.19. The summed E-state index contributed by atoms with van der Waals surface area (Å²) < 4.78 is 6.13. The summed E-state index contributed by atoms with van der Waals surface area (Å²) in [5.74, 6) is 0.603. The van der Waals surface area contributed by atoms with E-state index in [0.29, 0.717) is 23.6 Å². The minimum absolute atomic E-state index is 0.0277. The van der Waals surface area contributed by atoms with Gasteiger partial charge in [0.1, 0.15) is 17.1 Å². The van der Waals surface area contributed by atoms with Crippen LogP contribution < -0.4 is 15.4 Å². The molecule has 1 saturated heterocycles. The number of carbonyl (C=O) groups is 2. The van der Waals surface area contributed by atoms with Crippen molar-refractivity contribution < 1.29 is 14.3 Å². The van der Waals surface area contributed by atoms with Gasteiger partial charge in [0.05, 0.1) is 11.8 Å². The van der Waals surface area contributed by atoms with Crippen molar-refractivity contribution >= 4 is 28.5 Å². The molecule has 1 fully saturated rings. The van der Waals surface area contributed by atoms with Crippen molar-refractivity contribution in [1.82, 2.24) is 19.8 Å². The lowest BCUT2D eigenvalue weighted by molar-refractivity contribution is -0.138. The second-order valence-electron chi connectivity index (χ2n) is 11.3. The van der Waals surface area contributed by atoms with Crippen LogP contribution in [0, 0.1) is 5.92 Å². The fourth-order valence-corrected chi connectivity index (χ4v) is 5.92. The highest BCUT2D eigenvalue weighted by atomic mass is 16.5. The number of pyridine rings is 1. The molecule has 2 aromatic heterocycles. The Bertz CT molecular complexity index is 1570. The maximum atomic E-state index is 13.1. The standard InChI is InChI=1S/C32H36N6O3/c1-21(2)32(40)38-19-24-6-4-3-5-22(24)15-26(38)20-36-11-13-37(14-12-36)25-7-8-28(30(33)39)29(17-25)41-27-16-23-9-10-34-31(23)35-18-27/h3-10,16-18,21,26H,11-15,19-20H2,1-2H3,(H2,33,39)(H,34,35). The molecule has 2 aliphatic heterocycles. The quantitative estimate of drug-likeness (QED) is 0.356. The maximum absolute atomic E-state index is 13.1. The van der Waals surface area contributed by atoms with E-state index in [9.17, 15) is 9.59 Å². The molecule has 4 heterocycles. The highest BCUT2D eigenvalue weighted by molar-refractivity contribution is 5.96. The fraction of sp³-hybridized carbons (Fsp3) is 0.344. The van der Waals surface area contributed by atoms with Crippen molar-refractivity contribution in [3.8, 4) is 11.5 Å². The van der Waals surface area contributed by atoms with E-state index >= 15 is 0 Å². The zero-order valence-corrected chi connectivity index (χ0v) is 23.5. The summed E-state index contributed by atoms with van der Waals surface area (Å²) in [6.45, 7) is 8.91. The van der Waals surface area contributed by atoms with Gasteiger partial charge in [-0.15, -0.1) is 0 Å². The lowest BCUT2D eigenvalue weighted by Gasteiger charge is -2.43. The molecule has 0 radical (unpaired) electrons. The van der Waals surface area contributed by atoms with Crippen molar-refractivity contribution in [3.05, 3.63) is 83.7 Å². The van der Waals surface area contributed by atoms with E-state index in [1.54, 1.807) is 12.3 Å². The van der Waals surface area contributed by atoms with E-state index in [0.717, 1.165) is 55.9 Å². The summed E-state index contributed by atoms with van der Waals surface area (Å²) in [5.41, 5.74) is 10.3. The molecule has 41 heavy (non-hydrogen) atoms. The van der Waals surface area contributed by atoms with E-state index in [4.69, 9.17) is 10.5 Å². The van der Waals surface area contributed by atoms with Gasteiger partial charge in [-0.3, -0.25) is 14.5 Å². The van der Waals surface area contributed by atoms with E-state index in [1.807, 2.05) is 44.3 Å². The van der Waals surface area contributed by atoms with Gasteiger partial charge >= 0.3 is 0 Å². The van der Waals surface area contributed by atoms with Crippen molar-refractivity contribution in [2.45, 2.75) is 32.9 Å². The number of H-pyrrole nitrogens is 1. The molecular weight excluding hydrogens is 516 g/mol. The van der Waals surface area contributed by atoms with Crippen molar-refractivity contribution in [2.75, 3.05) is 37.6 Å². The van der Waals surface area contributed by atoms with Crippen molar-refractivity contribution in [1.29, 1.82) is 0 Å². The molecule has 212 valence electrons. The number of anilines is 1. The van der Waals surface area contributed by atoms with Crippen LogP contribution in [0.5, 0.6) is 11.5 Å². The Morgan fingerprint density at radius 1 is 1.05 bits per heavy atom. The largest absolute Gasteiger partial charge is 0.455 e. The molecular formula is C32H36N6O3. The molecule has 4 aromatic rings. The topological polar surface area (TPSA) is 108 Å². The molecule has 0 aliphatic carbocycles. The van der Waals surface area contributed by atoms with E-state index in [2.05, 4.69) is 48.9 Å². The van der Waals surface area contributed by atoms with Crippen LogP contribution in [0.25, 0.3) is 11.0 Å². The maximum Gasteiger partial charge on any atom is 0.252 e. The third-order valence-electron chi connectivity index (χ3n) is 8.17. The third-order valence-corrected chi connectivity index (χ3v) is 8.17. The van der Waals surface area contributed by atoms with Crippen LogP contribution in [-0.4, -0.2) is 70.3 Å². The van der Waals surface area contributed by atoms with E-state index < -0.39 is 5.91 Å². The number of aromatic amines is 1. The van der Waals surface area contributed by atoms with Crippen LogP contribution in [0.2, 0.25) is 0 Å². The van der Waals surface area contributed by atoms with Crippen LogP contribution >= 0.6 is 0 Å². The fourth-order valence-electron chi connectivity index (χ4n) is 5.92. The number of nitrogens with two attached hydrogens (primary N) is 1. The Morgan fingerprint density at radius 3 is 2.59 bits per heavy atom. The van der Waals surface area contributed by atoms with Gasteiger partial charge < -0.3 is 25.3 Å². The number of rotatable bonds is 7. The first-order valence-corrected chi connectivity index (χ1v) is 14.2. The minimum atomic E-state index is -0.540. The average molecular weight is 553 g/mol. The number of piperazine rings is 1. The lowest BCUT2D eigenvalue weighted by Crippen LogP contribution is -2.55. The Labute approximate surface area is 239 Å². The van der Waals surface area contributed by atoms with Crippen LogP contribution in [0.4, 0.5) is 5.69 Å². The molecule has 0 bridgehead atoms. The molecule has 6 rings (SSSR count). The van der Waals surface area contributed by atoms with Crippen LogP contribution in [0.15, 0.2) is 67.0 Å². The Kier molecular flexibility index (Phi) is 7.36. The number of benzene rings is 2. The Morgan fingerprint density at radius 2 is 1.83 bits per heavy atom. The first-order valence-electron chi connectivity index (χ1n) is 14.2. The summed E-state index contributed by atoms with van der Waals surface area (Å²) in [6, 6.07) is 18.0. The monoisotopic (exact) mass is 552 g/mol. The molecule has 9 nitrogen and oxygen atoms in total. The second kappa shape index (κ2) is 11.2. The molecule has 2 aromatic carbocycles. The zero-order chi connectivity index (χ0) is 28.5. The van der Waals surface area contributed by atoms with Crippen LogP contribution in [0.1, 0.15) is 35.3 Å². The van der Waals surface area contributed by atoms with Crippen LogP contribution in [-0.2, 0) is 17.8 Å². The Hall–Kier alpha value is -4.37. The molecule has 9 heteroatoms. The summed E-state index contributed by atoms with van der Waals surface area (Å²) >= 11 is 0. The second-order valence-corrected chi connectivity index (χ2v) is 11.3. The summed E-state index contributed by atoms with van der Waals surface area (Å²) in [5, 5.41) is 0.922. The third kappa shape index (κ3) is 5.63. The SMILES string of the molecule is CC(C)C(=O)N1Cc2ccccc2CC1CN1CCN(c2ccc(C(N)=O)c(Oc3cnc4[nH]ccc4c3)c2)CC1. The number of fused-ring (bicyclic) bond motifs is 2. The molecule has 1 unspecified atom stereocenters. The number of amides is 2. The van der Waals surface area contributed by atoms with Gasteiger partial charge in [-0.1, -0.05) is 38.1 Å². The number of nitrogens with zero attached hydrogens (tertiary/aromatic N) is 4. The normalized spacial score (nSPS) is 17.6. The molecule has 2 aliphatic rings. The average Bonchev–Trinajstić information content (AvgIpc) is 3.45. The smallest absolute Gasteiger partial charge is 0.252 e. The van der Waals surface area contributed by atoms with Crippen molar-refractivity contribution in [2.24, 2.45) is 11.7 Å². The number of ether oxygens (including phenoxy) is 1. The lowest BCUT2D eigenvalue weighted by atomic mass is 9.92. The first-order chi connectivity index (χ1) is 19.9. The van der Waals surface area contributed by atoms with Crippen LogP contribution in [0.3, 0.4) is 0 Å². The van der Waals surface area contributed by atoms with E-state index in [-0.39, 0.29) is 17.9 Å². The molecule has 3 N–H and O–H groups in total. The highest BCUT2D eigenvalue weighted by Gasteiger charge is 2.33. The first kappa shape index (κ1) is 26.8. The summed E-state index contributed by atoms with van der Waals surface area (Å²) in [6.07, 6.45) is 4.34. The number of hydrogen-bond acceptors (Lipinski definition) is 6. The highest BCUT2D eigenvalue weighted by Crippen LogP contribution is 2.32. The number of aromatic nitrogens is 2. The van der Waals surface area contributed by atoms with Gasteiger partial charge in [-0.05, 0) is 41.8 Å². The van der Waals surface area contributed by atoms with Gasteiger partial charge in [0.15, 0.2) is 0 Å². The number of carbonyl (C=O) groups excluding carboxylic acids is 2. The van der Waals surface area contributed by atoms with Gasteiger partial charge in [0, 0.05) is 74.6 Å².